The van der Waals surface area contributed by atoms with Crippen molar-refractivity contribution in [3.05, 3.63) is 53.1 Å². The number of nitrogens with one attached hydrogen (secondary N) is 7. The van der Waals surface area contributed by atoms with Crippen LogP contribution < -0.4 is 48.7 Å². The molecule has 2 aromatic rings. The fraction of sp³-hybridized carbons (Fsp3) is 0.441. The number of aliphatic carboxylic acids is 1. The first kappa shape index (κ1) is 38.3. The van der Waals surface area contributed by atoms with Crippen LogP contribution in [0.1, 0.15) is 71.2 Å². The summed E-state index contributed by atoms with van der Waals surface area (Å²) in [6.07, 6.45) is 1.81. The topological polar surface area (TPSA) is 276 Å². The zero-order chi connectivity index (χ0) is 36.9. The zero-order valence-corrected chi connectivity index (χ0v) is 28.1. The highest BCUT2D eigenvalue weighted by Gasteiger charge is 2.29. The van der Waals surface area contributed by atoms with Crippen molar-refractivity contribution in [3.63, 3.8) is 0 Å². The first-order chi connectivity index (χ1) is 24.4. The van der Waals surface area contributed by atoms with E-state index in [4.69, 9.17) is 11.5 Å². The number of amides is 6. The van der Waals surface area contributed by atoms with Crippen molar-refractivity contribution in [2.24, 2.45) is 17.4 Å². The molecule has 274 valence electrons. The minimum Gasteiger partial charge on any atom is -0.481 e. The molecule has 0 aromatic heterocycles. The second-order valence-electron chi connectivity index (χ2n) is 12.4. The van der Waals surface area contributed by atoms with Gasteiger partial charge in [-0.2, -0.15) is 0 Å². The quantitative estimate of drug-likeness (QED) is 0.131. The van der Waals surface area contributed by atoms with Gasteiger partial charge in [-0.15, -0.1) is 0 Å². The molecular formula is C34H45N9O8. The van der Waals surface area contributed by atoms with Gasteiger partial charge in [-0.05, 0) is 94.1 Å². The van der Waals surface area contributed by atoms with E-state index in [0.29, 0.717) is 37.8 Å². The molecule has 2 aliphatic heterocycles. The Morgan fingerprint density at radius 1 is 0.882 bits per heavy atom. The largest absolute Gasteiger partial charge is 0.481 e. The molecule has 2 aromatic carbocycles. The van der Waals surface area contributed by atoms with Gasteiger partial charge in [0.1, 0.15) is 12.1 Å². The Morgan fingerprint density at radius 2 is 1.63 bits per heavy atom. The summed E-state index contributed by atoms with van der Waals surface area (Å²) in [7, 11) is 0. The van der Waals surface area contributed by atoms with Crippen LogP contribution in [0.4, 0.5) is 17.1 Å². The van der Waals surface area contributed by atoms with Crippen LogP contribution in [0.25, 0.3) is 0 Å². The number of nitrogens with two attached hydrogens (primary N) is 2. The second-order valence-corrected chi connectivity index (χ2v) is 12.4. The number of unbranched alkanes of at least 4 members (excludes halogenated alkanes) is 1. The maximum Gasteiger partial charge on any atom is 0.303 e. The Morgan fingerprint density at radius 3 is 2.33 bits per heavy atom. The number of fused-ring (bicyclic) bond motifs is 2. The molecule has 51 heavy (non-hydrogen) atoms. The molecule has 0 bridgehead atoms. The molecule has 17 heteroatoms. The van der Waals surface area contributed by atoms with E-state index in [9.17, 15) is 38.7 Å². The Bertz CT molecular complexity index is 1640. The van der Waals surface area contributed by atoms with Crippen LogP contribution in [0.2, 0.25) is 0 Å². The van der Waals surface area contributed by atoms with E-state index in [0.717, 1.165) is 13.1 Å². The molecule has 1 fully saturated rings. The van der Waals surface area contributed by atoms with Crippen LogP contribution in [-0.2, 0) is 30.5 Å². The van der Waals surface area contributed by atoms with Crippen LogP contribution in [0.3, 0.4) is 0 Å². The molecule has 1 saturated heterocycles. The van der Waals surface area contributed by atoms with Gasteiger partial charge in [0.25, 0.3) is 5.91 Å². The van der Waals surface area contributed by atoms with Crippen molar-refractivity contribution in [2.45, 2.75) is 63.6 Å². The summed E-state index contributed by atoms with van der Waals surface area (Å²) in [6, 6.07) is 6.48. The molecule has 12 N–H and O–H groups in total. The number of hydrogen-bond acceptors (Lipinski definition) is 10. The lowest BCUT2D eigenvalue weighted by atomic mass is 9.97. The van der Waals surface area contributed by atoms with Gasteiger partial charge >= 0.3 is 5.97 Å². The summed E-state index contributed by atoms with van der Waals surface area (Å²) in [5, 5.41) is 29.0. The molecule has 0 saturated carbocycles. The summed E-state index contributed by atoms with van der Waals surface area (Å²) in [5.41, 5.74) is 12.5. The number of carboxylic acid groups (broad SMARTS) is 1. The minimum atomic E-state index is -1.36. The number of piperidine rings is 1. The van der Waals surface area contributed by atoms with Crippen molar-refractivity contribution < 1.29 is 38.7 Å². The van der Waals surface area contributed by atoms with Crippen LogP contribution in [-0.4, -0.2) is 84.8 Å². The Hall–Kier alpha value is -5.55. The van der Waals surface area contributed by atoms with E-state index >= 15 is 0 Å². The van der Waals surface area contributed by atoms with Gasteiger partial charge in [0, 0.05) is 41.5 Å². The molecule has 2 heterocycles. The summed E-state index contributed by atoms with van der Waals surface area (Å²) in [4.78, 5) is 89.8. The maximum absolute atomic E-state index is 13.8. The number of rotatable bonds is 12. The maximum atomic E-state index is 13.8. The van der Waals surface area contributed by atoms with E-state index in [1.807, 2.05) is 0 Å². The SMILES string of the molecule is NCCCC[C@@H]1NC(=O)[C@H](CCC(=O)O)NC(=O)c2cc(NC(=O)CNC(=O)C3CCNCC3)ccc2NCc2ccc(C(N)=O)cc2NC1=O. The van der Waals surface area contributed by atoms with Gasteiger partial charge in [-0.1, -0.05) is 6.07 Å². The standard InChI is InChI=1S/C34H45N9O8/c35-12-2-1-3-25-33(50)43-27-15-20(30(36)47)4-5-21(27)17-38-24-7-6-22(40-28(44)18-39-31(48)19-10-13-37-14-11-19)16-23(24)32(49)41-26(34(51)42-25)8-9-29(45)46/h4-7,15-16,19,25-26,37-38H,1-3,8-14,17-18,35H2,(H2,36,47)(H,39,48)(H,40,44)(H,41,49)(H,42,51)(H,43,50)(H,45,46)/t25-,26-/m0/s1. The van der Waals surface area contributed by atoms with E-state index < -0.39 is 54.0 Å². The number of benzene rings is 2. The van der Waals surface area contributed by atoms with Gasteiger partial charge in [-0.25, -0.2) is 0 Å². The molecule has 6 amide bonds. The van der Waals surface area contributed by atoms with Crippen LogP contribution in [0.5, 0.6) is 0 Å². The van der Waals surface area contributed by atoms with Gasteiger partial charge < -0.3 is 53.8 Å². The molecule has 0 aliphatic carbocycles. The van der Waals surface area contributed by atoms with Crippen LogP contribution in [0.15, 0.2) is 36.4 Å². The number of carbonyl (C=O) groups is 7. The monoisotopic (exact) mass is 707 g/mol. The predicted molar refractivity (Wildman–Crippen MR) is 188 cm³/mol. The highest BCUT2D eigenvalue weighted by molar-refractivity contribution is 6.05. The summed E-state index contributed by atoms with van der Waals surface area (Å²) < 4.78 is 0. The highest BCUT2D eigenvalue weighted by atomic mass is 16.4. The van der Waals surface area contributed by atoms with Crippen molar-refractivity contribution in [1.82, 2.24) is 21.3 Å². The molecule has 0 radical (unpaired) electrons. The summed E-state index contributed by atoms with van der Waals surface area (Å²) >= 11 is 0. The first-order valence-electron chi connectivity index (χ1n) is 16.9. The van der Waals surface area contributed by atoms with Crippen molar-refractivity contribution in [3.8, 4) is 0 Å². The Labute approximate surface area is 294 Å². The lowest BCUT2D eigenvalue weighted by Gasteiger charge is -2.25. The van der Waals surface area contributed by atoms with Gasteiger partial charge in [0.15, 0.2) is 0 Å². The average molecular weight is 708 g/mol. The molecule has 17 nitrogen and oxygen atoms in total. The number of carboxylic acids is 1. The number of primary amides is 1. The third-order valence-corrected chi connectivity index (χ3v) is 8.65. The van der Waals surface area contributed by atoms with Gasteiger partial charge in [0.05, 0.1) is 12.1 Å². The van der Waals surface area contributed by atoms with E-state index in [-0.39, 0.29) is 65.9 Å². The highest BCUT2D eigenvalue weighted by Crippen LogP contribution is 2.25. The van der Waals surface area contributed by atoms with E-state index in [1.165, 1.54) is 30.3 Å². The Balaban J connectivity index is 1.65. The van der Waals surface area contributed by atoms with Crippen LogP contribution >= 0.6 is 0 Å². The molecule has 2 atom stereocenters. The molecule has 4 rings (SSSR count). The lowest BCUT2D eigenvalue weighted by molar-refractivity contribution is -0.137. The van der Waals surface area contributed by atoms with E-state index in [1.54, 1.807) is 6.07 Å². The van der Waals surface area contributed by atoms with Crippen molar-refractivity contribution in [2.75, 3.05) is 42.1 Å². The Kier molecular flexibility index (Phi) is 13.8. The summed E-state index contributed by atoms with van der Waals surface area (Å²) in [6.45, 7) is 1.56. The third-order valence-electron chi connectivity index (χ3n) is 8.65. The van der Waals surface area contributed by atoms with Crippen molar-refractivity contribution >= 4 is 58.5 Å². The number of carbonyl (C=O) groups excluding carboxylic acids is 6. The second kappa shape index (κ2) is 18.4. The minimum absolute atomic E-state index is 0.00978. The normalized spacial score (nSPS) is 18.3. The average Bonchev–Trinajstić information content (AvgIpc) is 3.11. The molecule has 0 spiro atoms. The predicted octanol–water partition coefficient (Wildman–Crippen LogP) is -0.0190. The van der Waals surface area contributed by atoms with E-state index in [2.05, 4.69) is 37.2 Å². The third kappa shape index (κ3) is 11.2. The van der Waals surface area contributed by atoms with Crippen molar-refractivity contribution in [1.29, 1.82) is 0 Å². The molecule has 2 aliphatic rings. The van der Waals surface area contributed by atoms with Gasteiger partial charge in [0.2, 0.25) is 29.5 Å². The zero-order valence-electron chi connectivity index (χ0n) is 28.1. The molecule has 0 unspecified atom stereocenters. The molecular weight excluding hydrogens is 662 g/mol. The first-order valence-corrected chi connectivity index (χ1v) is 16.9. The number of hydrogen-bond donors (Lipinski definition) is 10. The fourth-order valence-corrected chi connectivity index (χ4v) is 5.78. The number of anilines is 3. The lowest BCUT2D eigenvalue weighted by Crippen LogP contribution is -2.53. The smallest absolute Gasteiger partial charge is 0.303 e. The van der Waals surface area contributed by atoms with Crippen LogP contribution in [0, 0.1) is 5.92 Å². The summed E-state index contributed by atoms with van der Waals surface area (Å²) in [5.74, 6) is -5.00. The van der Waals surface area contributed by atoms with Gasteiger partial charge in [-0.3, -0.25) is 33.6 Å². The fourth-order valence-electron chi connectivity index (χ4n) is 5.78.